The van der Waals surface area contributed by atoms with Crippen LogP contribution in [0.25, 0.3) is 0 Å². The number of rotatable bonds is 2. The molecule has 0 aromatic heterocycles. The van der Waals surface area contributed by atoms with Gasteiger partial charge in [-0.15, -0.1) is 0 Å². The van der Waals surface area contributed by atoms with Crippen LogP contribution in [0.15, 0.2) is 22.7 Å². The highest BCUT2D eigenvalue weighted by Crippen LogP contribution is 2.23. The van der Waals surface area contributed by atoms with Gasteiger partial charge in [0.2, 0.25) is 5.91 Å². The lowest BCUT2D eigenvalue weighted by Crippen LogP contribution is -2.41. The predicted molar refractivity (Wildman–Crippen MR) is 77.8 cm³/mol. The number of carbonyl (C=O) groups excluding carboxylic acids is 1. The van der Waals surface area contributed by atoms with E-state index in [1.807, 2.05) is 4.90 Å². The van der Waals surface area contributed by atoms with Crippen molar-refractivity contribution in [2.45, 2.75) is 32.7 Å². The van der Waals surface area contributed by atoms with Gasteiger partial charge in [-0.25, -0.2) is 0 Å². The minimum atomic E-state index is 0.188. The van der Waals surface area contributed by atoms with Crippen LogP contribution in [0.1, 0.15) is 25.3 Å². The van der Waals surface area contributed by atoms with Crippen LogP contribution in [0, 0.1) is 6.92 Å². The summed E-state index contributed by atoms with van der Waals surface area (Å²) in [4.78, 5) is 13.2. The largest absolute Gasteiger partial charge is 0.382 e. The average molecular weight is 311 g/mol. The Morgan fingerprint density at radius 1 is 1.39 bits per heavy atom. The first-order valence-corrected chi connectivity index (χ1v) is 7.14. The maximum atomic E-state index is 11.3. The Labute approximate surface area is 117 Å². The summed E-state index contributed by atoms with van der Waals surface area (Å²) in [6.45, 7) is 5.48. The molecule has 18 heavy (non-hydrogen) atoms. The minimum Gasteiger partial charge on any atom is -0.382 e. The smallest absolute Gasteiger partial charge is 0.219 e. The highest BCUT2D eigenvalue weighted by atomic mass is 79.9. The van der Waals surface area contributed by atoms with E-state index in [2.05, 4.69) is 46.4 Å². The number of nitrogens with one attached hydrogen (secondary N) is 1. The number of anilines is 1. The summed E-state index contributed by atoms with van der Waals surface area (Å²) < 4.78 is 1.11. The molecule has 1 aliphatic rings. The second kappa shape index (κ2) is 5.74. The maximum absolute atomic E-state index is 11.3. The first-order chi connectivity index (χ1) is 8.56. The van der Waals surface area contributed by atoms with Crippen LogP contribution in [0.4, 0.5) is 5.69 Å². The Balaban J connectivity index is 1.93. The van der Waals surface area contributed by atoms with Crippen molar-refractivity contribution in [2.75, 3.05) is 18.4 Å². The molecule has 4 heteroatoms. The zero-order chi connectivity index (χ0) is 13.1. The Bertz CT molecular complexity index is 439. The molecule has 2 rings (SSSR count). The summed E-state index contributed by atoms with van der Waals surface area (Å²) in [7, 11) is 0. The van der Waals surface area contributed by atoms with Crippen molar-refractivity contribution in [2.24, 2.45) is 0 Å². The van der Waals surface area contributed by atoms with Gasteiger partial charge in [0.15, 0.2) is 0 Å². The van der Waals surface area contributed by atoms with E-state index in [-0.39, 0.29) is 5.91 Å². The fourth-order valence-corrected chi connectivity index (χ4v) is 2.82. The Morgan fingerprint density at radius 2 is 2.06 bits per heavy atom. The topological polar surface area (TPSA) is 32.3 Å². The van der Waals surface area contributed by atoms with Crippen molar-refractivity contribution in [1.29, 1.82) is 0 Å². The lowest BCUT2D eigenvalue weighted by molar-refractivity contribution is -0.129. The van der Waals surface area contributed by atoms with E-state index in [9.17, 15) is 4.79 Å². The van der Waals surface area contributed by atoms with E-state index in [0.29, 0.717) is 6.04 Å². The molecule has 1 fully saturated rings. The van der Waals surface area contributed by atoms with Gasteiger partial charge < -0.3 is 10.2 Å². The maximum Gasteiger partial charge on any atom is 0.219 e. The van der Waals surface area contributed by atoms with Gasteiger partial charge in [0.25, 0.3) is 0 Å². The van der Waals surface area contributed by atoms with Crippen LogP contribution in [0.3, 0.4) is 0 Å². The molecule has 1 saturated heterocycles. The van der Waals surface area contributed by atoms with Crippen molar-refractivity contribution in [3.63, 3.8) is 0 Å². The van der Waals surface area contributed by atoms with Gasteiger partial charge in [0, 0.05) is 36.2 Å². The first-order valence-electron chi connectivity index (χ1n) is 6.34. The summed E-state index contributed by atoms with van der Waals surface area (Å²) in [6.07, 6.45) is 2.05. The molecule has 0 radical (unpaired) electrons. The van der Waals surface area contributed by atoms with Gasteiger partial charge in [-0.05, 0) is 43.5 Å². The van der Waals surface area contributed by atoms with Crippen molar-refractivity contribution in [1.82, 2.24) is 4.90 Å². The quantitative estimate of drug-likeness (QED) is 0.910. The van der Waals surface area contributed by atoms with Gasteiger partial charge >= 0.3 is 0 Å². The van der Waals surface area contributed by atoms with E-state index < -0.39 is 0 Å². The second-order valence-electron chi connectivity index (χ2n) is 4.88. The molecule has 1 heterocycles. The Morgan fingerprint density at radius 3 is 2.61 bits per heavy atom. The SMILES string of the molecule is CC(=O)N1CCC(Nc2ccc(Br)cc2C)CC1. The van der Waals surface area contributed by atoms with Crippen molar-refractivity contribution in [3.05, 3.63) is 28.2 Å². The number of piperidine rings is 1. The fourth-order valence-electron chi connectivity index (χ4n) is 2.35. The van der Waals surface area contributed by atoms with E-state index in [4.69, 9.17) is 0 Å². The lowest BCUT2D eigenvalue weighted by atomic mass is 10.0. The summed E-state index contributed by atoms with van der Waals surface area (Å²) in [5.74, 6) is 0.188. The van der Waals surface area contributed by atoms with Crippen LogP contribution in [0.5, 0.6) is 0 Å². The van der Waals surface area contributed by atoms with Crippen molar-refractivity contribution >= 4 is 27.5 Å². The molecular formula is C14H19BrN2O. The van der Waals surface area contributed by atoms with Crippen LogP contribution in [-0.4, -0.2) is 29.9 Å². The molecule has 1 aromatic carbocycles. The normalized spacial score (nSPS) is 16.7. The molecule has 0 unspecified atom stereocenters. The molecule has 0 atom stereocenters. The third-order valence-electron chi connectivity index (χ3n) is 3.49. The predicted octanol–water partition coefficient (Wildman–Crippen LogP) is 3.18. The molecule has 0 bridgehead atoms. The van der Waals surface area contributed by atoms with Crippen molar-refractivity contribution < 1.29 is 4.79 Å². The van der Waals surface area contributed by atoms with Gasteiger partial charge in [-0.3, -0.25) is 4.79 Å². The van der Waals surface area contributed by atoms with Crippen LogP contribution < -0.4 is 5.32 Å². The van der Waals surface area contributed by atoms with E-state index in [1.54, 1.807) is 6.92 Å². The molecule has 1 amide bonds. The summed E-state index contributed by atoms with van der Waals surface area (Å²) in [6, 6.07) is 6.75. The first kappa shape index (κ1) is 13.4. The van der Waals surface area contributed by atoms with E-state index in [1.165, 1.54) is 11.3 Å². The molecular weight excluding hydrogens is 292 g/mol. The second-order valence-corrected chi connectivity index (χ2v) is 5.80. The van der Waals surface area contributed by atoms with Gasteiger partial charge in [-0.1, -0.05) is 15.9 Å². The number of carbonyl (C=O) groups is 1. The van der Waals surface area contributed by atoms with Gasteiger partial charge in [0.1, 0.15) is 0 Å². The number of halogens is 1. The zero-order valence-electron chi connectivity index (χ0n) is 10.9. The zero-order valence-corrected chi connectivity index (χ0v) is 12.5. The number of hydrogen-bond acceptors (Lipinski definition) is 2. The van der Waals surface area contributed by atoms with E-state index in [0.717, 1.165) is 30.4 Å². The number of likely N-dealkylation sites (tertiary alicyclic amines) is 1. The van der Waals surface area contributed by atoms with E-state index >= 15 is 0 Å². The number of amides is 1. The number of aryl methyl sites for hydroxylation is 1. The Hall–Kier alpha value is -1.03. The van der Waals surface area contributed by atoms with Crippen molar-refractivity contribution in [3.8, 4) is 0 Å². The standard InChI is InChI=1S/C14H19BrN2O/c1-10-9-12(15)3-4-14(10)16-13-5-7-17(8-6-13)11(2)18/h3-4,9,13,16H,5-8H2,1-2H3. The number of nitrogens with zero attached hydrogens (tertiary/aromatic N) is 1. The fraction of sp³-hybridized carbons (Fsp3) is 0.500. The Kier molecular flexibility index (Phi) is 4.27. The third-order valence-corrected chi connectivity index (χ3v) is 3.98. The summed E-state index contributed by atoms with van der Waals surface area (Å²) in [5.41, 5.74) is 2.44. The number of benzene rings is 1. The van der Waals surface area contributed by atoms with Gasteiger partial charge in [0.05, 0.1) is 0 Å². The molecule has 0 spiro atoms. The molecule has 1 N–H and O–H groups in total. The summed E-state index contributed by atoms with van der Waals surface area (Å²) in [5, 5.41) is 3.58. The number of hydrogen-bond donors (Lipinski definition) is 1. The minimum absolute atomic E-state index is 0.188. The molecule has 1 aromatic rings. The summed E-state index contributed by atoms with van der Waals surface area (Å²) >= 11 is 3.47. The monoisotopic (exact) mass is 310 g/mol. The van der Waals surface area contributed by atoms with Crippen LogP contribution in [0.2, 0.25) is 0 Å². The molecule has 98 valence electrons. The van der Waals surface area contributed by atoms with Crippen LogP contribution in [-0.2, 0) is 4.79 Å². The van der Waals surface area contributed by atoms with Crippen LogP contribution >= 0.6 is 15.9 Å². The lowest BCUT2D eigenvalue weighted by Gasteiger charge is -2.32. The molecule has 1 aliphatic heterocycles. The highest BCUT2D eigenvalue weighted by molar-refractivity contribution is 9.10. The molecule has 0 aliphatic carbocycles. The van der Waals surface area contributed by atoms with Gasteiger partial charge in [-0.2, -0.15) is 0 Å². The molecule has 3 nitrogen and oxygen atoms in total. The average Bonchev–Trinajstić information content (AvgIpc) is 2.33. The molecule has 0 saturated carbocycles. The highest BCUT2D eigenvalue weighted by Gasteiger charge is 2.20. The third kappa shape index (κ3) is 3.25.